The summed E-state index contributed by atoms with van der Waals surface area (Å²) in [4.78, 5) is 24.1. The molecule has 0 spiro atoms. The Hall–Kier alpha value is -1.98. The lowest BCUT2D eigenvalue weighted by atomic mass is 9.96. The van der Waals surface area contributed by atoms with Crippen molar-refractivity contribution >= 4 is 11.9 Å². The third kappa shape index (κ3) is 3.20. The molecule has 6 heteroatoms. The van der Waals surface area contributed by atoms with Crippen molar-refractivity contribution in [1.82, 2.24) is 4.90 Å². The molecule has 1 aromatic rings. The smallest absolute Gasteiger partial charge is 0.343 e. The number of halogens is 2. The van der Waals surface area contributed by atoms with Gasteiger partial charge in [0, 0.05) is 19.4 Å². The van der Waals surface area contributed by atoms with Gasteiger partial charge in [-0.25, -0.2) is 13.6 Å². The number of alkyl halides is 1. The Morgan fingerprint density at radius 3 is 2.67 bits per heavy atom. The Labute approximate surface area is 121 Å². The van der Waals surface area contributed by atoms with Crippen molar-refractivity contribution in [2.45, 2.75) is 31.4 Å². The minimum Gasteiger partial charge on any atom is -0.479 e. The zero-order valence-corrected chi connectivity index (χ0v) is 11.7. The lowest BCUT2D eigenvalue weighted by molar-refractivity contribution is -0.150. The van der Waals surface area contributed by atoms with Crippen LogP contribution in [0, 0.1) is 5.82 Å². The molecule has 2 rings (SSSR count). The average Bonchev–Trinajstić information content (AvgIpc) is 2.83. The molecule has 2 atom stereocenters. The zero-order chi connectivity index (χ0) is 15.6. The maximum absolute atomic E-state index is 13.9. The van der Waals surface area contributed by atoms with Crippen LogP contribution in [0.2, 0.25) is 0 Å². The van der Waals surface area contributed by atoms with Crippen LogP contribution in [0.4, 0.5) is 8.78 Å². The van der Waals surface area contributed by atoms with Gasteiger partial charge in [0.15, 0.2) is 0 Å². The molecule has 0 radical (unpaired) electrons. The van der Waals surface area contributed by atoms with E-state index in [0.29, 0.717) is 5.56 Å². The predicted molar refractivity (Wildman–Crippen MR) is 72.1 cm³/mol. The molecule has 0 aromatic heterocycles. The number of carboxylic acid groups (broad SMARTS) is 1. The number of aliphatic carboxylic acids is 1. The molecule has 1 saturated heterocycles. The van der Waals surface area contributed by atoms with Gasteiger partial charge in [0.1, 0.15) is 5.82 Å². The van der Waals surface area contributed by atoms with Gasteiger partial charge in [-0.1, -0.05) is 25.1 Å². The fourth-order valence-corrected chi connectivity index (χ4v) is 2.54. The first-order chi connectivity index (χ1) is 9.83. The molecule has 1 fully saturated rings. The summed E-state index contributed by atoms with van der Waals surface area (Å²) < 4.78 is 27.6. The van der Waals surface area contributed by atoms with E-state index in [-0.39, 0.29) is 37.0 Å². The number of hydrogen-bond acceptors (Lipinski definition) is 2. The van der Waals surface area contributed by atoms with E-state index in [0.717, 1.165) is 0 Å². The van der Waals surface area contributed by atoms with Gasteiger partial charge >= 0.3 is 5.97 Å². The molecular weight excluding hydrogens is 280 g/mol. The van der Waals surface area contributed by atoms with Gasteiger partial charge in [-0.15, -0.1) is 0 Å². The second-order valence-corrected chi connectivity index (χ2v) is 5.46. The summed E-state index contributed by atoms with van der Waals surface area (Å²) in [5.74, 6) is -2.63. The summed E-state index contributed by atoms with van der Waals surface area (Å²) in [6.07, 6.45) is -0.182. The molecule has 2 unspecified atom stereocenters. The van der Waals surface area contributed by atoms with Crippen molar-refractivity contribution in [3.05, 3.63) is 35.6 Å². The molecule has 1 aliphatic rings. The van der Waals surface area contributed by atoms with Crippen molar-refractivity contribution in [2.75, 3.05) is 13.1 Å². The van der Waals surface area contributed by atoms with E-state index >= 15 is 0 Å². The minimum atomic E-state index is -2.36. The van der Waals surface area contributed by atoms with Crippen LogP contribution in [0.25, 0.3) is 0 Å². The number of amides is 1. The highest BCUT2D eigenvalue weighted by molar-refractivity contribution is 5.82. The van der Waals surface area contributed by atoms with Crippen LogP contribution < -0.4 is 0 Å². The van der Waals surface area contributed by atoms with Gasteiger partial charge < -0.3 is 10.0 Å². The summed E-state index contributed by atoms with van der Waals surface area (Å²) in [5.41, 5.74) is -1.94. The molecule has 0 saturated carbocycles. The summed E-state index contributed by atoms with van der Waals surface area (Å²) in [5, 5.41) is 8.81. The standard InChI is InChI=1S/C15H17F2NO3/c1-10(11-4-2-3-5-12(11)16)8-13(19)18-7-6-15(17,9-18)14(20)21/h2-5,10H,6-9H2,1H3,(H,20,21). The Kier molecular flexibility index (Phi) is 4.25. The van der Waals surface area contributed by atoms with Gasteiger partial charge in [-0.2, -0.15) is 0 Å². The van der Waals surface area contributed by atoms with Gasteiger partial charge in [-0.3, -0.25) is 4.79 Å². The molecular formula is C15H17F2NO3. The van der Waals surface area contributed by atoms with E-state index in [1.165, 1.54) is 11.0 Å². The number of likely N-dealkylation sites (tertiary alicyclic amines) is 1. The van der Waals surface area contributed by atoms with E-state index < -0.39 is 18.2 Å². The van der Waals surface area contributed by atoms with E-state index in [9.17, 15) is 18.4 Å². The third-order valence-electron chi connectivity index (χ3n) is 3.87. The largest absolute Gasteiger partial charge is 0.479 e. The lowest BCUT2D eigenvalue weighted by Crippen LogP contribution is -2.39. The summed E-state index contributed by atoms with van der Waals surface area (Å²) in [6.45, 7) is 1.35. The van der Waals surface area contributed by atoms with Crippen molar-refractivity contribution in [1.29, 1.82) is 0 Å². The van der Waals surface area contributed by atoms with Crippen LogP contribution in [0.1, 0.15) is 31.2 Å². The average molecular weight is 297 g/mol. The normalized spacial score (nSPS) is 23.1. The lowest BCUT2D eigenvalue weighted by Gasteiger charge is -2.20. The van der Waals surface area contributed by atoms with Crippen molar-refractivity contribution in [3.8, 4) is 0 Å². The monoisotopic (exact) mass is 297 g/mol. The zero-order valence-electron chi connectivity index (χ0n) is 11.7. The highest BCUT2D eigenvalue weighted by Gasteiger charge is 2.46. The second-order valence-electron chi connectivity index (χ2n) is 5.46. The number of benzene rings is 1. The number of hydrogen-bond donors (Lipinski definition) is 1. The first kappa shape index (κ1) is 15.4. The fraction of sp³-hybridized carbons (Fsp3) is 0.467. The molecule has 4 nitrogen and oxygen atoms in total. The summed E-state index contributed by atoms with van der Waals surface area (Å²) in [6, 6.07) is 6.18. The molecule has 1 amide bonds. The van der Waals surface area contributed by atoms with Crippen molar-refractivity contribution < 1.29 is 23.5 Å². The molecule has 1 heterocycles. The van der Waals surface area contributed by atoms with E-state index in [4.69, 9.17) is 5.11 Å². The summed E-state index contributed by atoms with van der Waals surface area (Å²) in [7, 11) is 0. The third-order valence-corrected chi connectivity index (χ3v) is 3.87. The van der Waals surface area contributed by atoms with Crippen LogP contribution in [0.5, 0.6) is 0 Å². The minimum absolute atomic E-state index is 0.0244. The number of rotatable bonds is 4. The Morgan fingerprint density at radius 2 is 2.10 bits per heavy atom. The maximum Gasteiger partial charge on any atom is 0.343 e. The van der Waals surface area contributed by atoms with E-state index in [2.05, 4.69) is 0 Å². The van der Waals surface area contributed by atoms with Crippen LogP contribution in [-0.4, -0.2) is 40.6 Å². The molecule has 21 heavy (non-hydrogen) atoms. The quantitative estimate of drug-likeness (QED) is 0.928. The van der Waals surface area contributed by atoms with Crippen LogP contribution >= 0.6 is 0 Å². The van der Waals surface area contributed by atoms with Crippen molar-refractivity contribution in [3.63, 3.8) is 0 Å². The maximum atomic E-state index is 13.9. The Bertz CT molecular complexity index is 564. The highest BCUT2D eigenvalue weighted by Crippen LogP contribution is 2.28. The Balaban J connectivity index is 2.00. The highest BCUT2D eigenvalue weighted by atomic mass is 19.1. The second kappa shape index (κ2) is 5.79. The predicted octanol–water partition coefficient (Wildman–Crippen LogP) is 2.34. The van der Waals surface area contributed by atoms with Gasteiger partial charge in [0.2, 0.25) is 11.6 Å². The molecule has 114 valence electrons. The molecule has 1 N–H and O–H groups in total. The number of carboxylic acids is 1. The van der Waals surface area contributed by atoms with Gasteiger partial charge in [0.25, 0.3) is 0 Å². The molecule has 0 bridgehead atoms. The first-order valence-electron chi connectivity index (χ1n) is 6.78. The molecule has 1 aliphatic heterocycles. The van der Waals surface area contributed by atoms with Crippen LogP contribution in [0.3, 0.4) is 0 Å². The van der Waals surface area contributed by atoms with Crippen LogP contribution in [0.15, 0.2) is 24.3 Å². The first-order valence-corrected chi connectivity index (χ1v) is 6.78. The SMILES string of the molecule is CC(CC(=O)N1CCC(F)(C(=O)O)C1)c1ccccc1F. The van der Waals surface area contributed by atoms with Crippen molar-refractivity contribution in [2.24, 2.45) is 0 Å². The van der Waals surface area contributed by atoms with E-state index in [1.807, 2.05) is 0 Å². The Morgan fingerprint density at radius 1 is 1.43 bits per heavy atom. The summed E-state index contributed by atoms with van der Waals surface area (Å²) >= 11 is 0. The topological polar surface area (TPSA) is 57.6 Å². The van der Waals surface area contributed by atoms with E-state index in [1.54, 1.807) is 25.1 Å². The van der Waals surface area contributed by atoms with Crippen LogP contribution in [-0.2, 0) is 9.59 Å². The number of carbonyl (C=O) groups excluding carboxylic acids is 1. The fourth-order valence-electron chi connectivity index (χ4n) is 2.54. The molecule has 0 aliphatic carbocycles. The number of nitrogens with zero attached hydrogens (tertiary/aromatic N) is 1. The number of carbonyl (C=O) groups is 2. The molecule has 1 aromatic carbocycles. The van der Waals surface area contributed by atoms with Gasteiger partial charge in [-0.05, 0) is 17.5 Å². The van der Waals surface area contributed by atoms with Gasteiger partial charge in [0.05, 0.1) is 6.54 Å².